The van der Waals surface area contributed by atoms with Crippen LogP contribution in [0.4, 0.5) is 0 Å². The normalized spacial score (nSPS) is 9.30. The van der Waals surface area contributed by atoms with Gasteiger partial charge in [-0.25, -0.2) is 0 Å². The second-order valence-electron chi connectivity index (χ2n) is 6.57. The molecular formula is C21H44O9. The van der Waals surface area contributed by atoms with E-state index in [0.29, 0.717) is 19.3 Å². The largest absolute Gasteiger partial charge is 0.481 e. The topological polar surface area (TPSA) is 173 Å². The molecule has 0 unspecified atom stereocenters. The molecule has 0 aromatic heterocycles. The van der Waals surface area contributed by atoms with Gasteiger partial charge in [0.05, 0.1) is 13.2 Å². The molecule has 0 saturated carbocycles. The molecule has 0 aliphatic carbocycles. The van der Waals surface area contributed by atoms with E-state index in [4.69, 9.17) is 30.6 Å². The van der Waals surface area contributed by atoms with Crippen molar-refractivity contribution < 1.29 is 45.0 Å². The van der Waals surface area contributed by atoms with Gasteiger partial charge in [0.25, 0.3) is 0 Å². The second kappa shape index (κ2) is 32.0. The first-order valence-corrected chi connectivity index (χ1v) is 10.7. The molecule has 0 radical (unpaired) electrons. The Morgan fingerprint density at radius 1 is 0.567 bits per heavy atom. The lowest BCUT2D eigenvalue weighted by molar-refractivity contribution is -0.138. The lowest BCUT2D eigenvalue weighted by Gasteiger charge is -1.96. The number of hydrogen-bond donors (Lipinski definition) is 6. The van der Waals surface area contributed by atoms with Crippen molar-refractivity contribution >= 4 is 17.9 Å². The van der Waals surface area contributed by atoms with E-state index in [2.05, 4.69) is 20.8 Å². The summed E-state index contributed by atoms with van der Waals surface area (Å²) in [6.07, 6.45) is 8.88. The number of unbranched alkanes of at least 4 members (excludes halogenated alkanes) is 6. The van der Waals surface area contributed by atoms with Crippen molar-refractivity contribution in [2.24, 2.45) is 0 Å². The smallest absolute Gasteiger partial charge is 0.303 e. The minimum absolute atomic E-state index is 0.327. The molecule has 0 saturated heterocycles. The van der Waals surface area contributed by atoms with Gasteiger partial charge in [-0.15, -0.1) is 0 Å². The van der Waals surface area contributed by atoms with Gasteiger partial charge in [0.15, 0.2) is 0 Å². The van der Waals surface area contributed by atoms with Crippen molar-refractivity contribution in [2.45, 2.75) is 104 Å². The first-order valence-electron chi connectivity index (χ1n) is 10.7. The first-order chi connectivity index (χ1) is 14.1. The number of aliphatic hydroxyl groups is 3. The molecule has 0 spiro atoms. The number of aliphatic hydroxyl groups excluding tert-OH is 3. The lowest BCUT2D eigenvalue weighted by atomic mass is 10.2. The molecule has 9 nitrogen and oxygen atoms in total. The number of carboxylic acids is 3. The molecule has 0 fully saturated rings. The van der Waals surface area contributed by atoms with Gasteiger partial charge in [-0.3, -0.25) is 14.4 Å². The van der Waals surface area contributed by atoms with Gasteiger partial charge in [-0.05, 0) is 19.3 Å². The fourth-order valence-corrected chi connectivity index (χ4v) is 1.64. The summed E-state index contributed by atoms with van der Waals surface area (Å²) in [4.78, 5) is 29.6. The third kappa shape index (κ3) is 56.2. The molecule has 6 N–H and O–H groups in total. The Morgan fingerprint density at radius 3 is 0.900 bits per heavy atom. The molecule has 30 heavy (non-hydrogen) atoms. The molecule has 9 heteroatoms. The van der Waals surface area contributed by atoms with Crippen LogP contribution in [0.1, 0.15) is 97.8 Å². The summed E-state index contributed by atoms with van der Waals surface area (Å²) in [5.41, 5.74) is 0. The molecule has 0 atom stereocenters. The summed E-state index contributed by atoms with van der Waals surface area (Å²) in [5.74, 6) is -2.05. The van der Waals surface area contributed by atoms with Crippen molar-refractivity contribution in [2.75, 3.05) is 13.2 Å². The van der Waals surface area contributed by atoms with Crippen LogP contribution in [-0.4, -0.2) is 67.9 Å². The summed E-state index contributed by atoms with van der Waals surface area (Å²) in [7, 11) is 0. The molecular weight excluding hydrogens is 396 g/mol. The number of rotatable bonds is 14. The van der Waals surface area contributed by atoms with E-state index in [1.165, 1.54) is 0 Å². The average molecular weight is 441 g/mol. The Hall–Kier alpha value is -1.71. The van der Waals surface area contributed by atoms with Crippen LogP contribution in [-0.2, 0) is 14.4 Å². The zero-order valence-electron chi connectivity index (χ0n) is 18.9. The van der Waals surface area contributed by atoms with E-state index in [9.17, 15) is 14.4 Å². The molecule has 0 aromatic carbocycles. The predicted octanol–water partition coefficient (Wildman–Crippen LogP) is 3.29. The summed E-state index contributed by atoms with van der Waals surface area (Å²) in [6, 6.07) is 0. The maximum absolute atomic E-state index is 9.87. The number of hydrogen-bond acceptors (Lipinski definition) is 6. The maximum Gasteiger partial charge on any atom is 0.303 e. The Kier molecular flexibility index (Phi) is 38.1. The highest BCUT2D eigenvalue weighted by atomic mass is 16.4. The quantitative estimate of drug-likeness (QED) is 0.222. The Bertz CT molecular complexity index is 322. The maximum atomic E-state index is 9.87. The SMILES string of the molecule is CCCCCC(=O)O.CCCCCC(=O)O.CCCCCC(=O)O.OCC(O)CO. The highest BCUT2D eigenvalue weighted by Gasteiger charge is 1.94. The van der Waals surface area contributed by atoms with Gasteiger partial charge >= 0.3 is 17.9 Å². The van der Waals surface area contributed by atoms with Crippen LogP contribution in [0.5, 0.6) is 0 Å². The lowest BCUT2D eigenvalue weighted by Crippen LogP contribution is -2.15. The van der Waals surface area contributed by atoms with Crippen LogP contribution in [0.3, 0.4) is 0 Å². The van der Waals surface area contributed by atoms with Crippen LogP contribution >= 0.6 is 0 Å². The number of aliphatic carboxylic acids is 3. The Labute approximate surface area is 180 Å². The fraction of sp³-hybridized carbons (Fsp3) is 0.857. The zero-order valence-corrected chi connectivity index (χ0v) is 18.9. The molecule has 0 heterocycles. The minimum atomic E-state index is -0.954. The predicted molar refractivity (Wildman–Crippen MR) is 116 cm³/mol. The fourth-order valence-electron chi connectivity index (χ4n) is 1.64. The average Bonchev–Trinajstić information content (AvgIpc) is 2.69. The second-order valence-corrected chi connectivity index (χ2v) is 6.57. The van der Waals surface area contributed by atoms with E-state index in [1.807, 2.05) is 0 Å². The van der Waals surface area contributed by atoms with Gasteiger partial charge in [0, 0.05) is 19.3 Å². The van der Waals surface area contributed by atoms with Crippen molar-refractivity contribution in [3.8, 4) is 0 Å². The van der Waals surface area contributed by atoms with Crippen molar-refractivity contribution in [1.82, 2.24) is 0 Å². The van der Waals surface area contributed by atoms with Crippen LogP contribution in [0, 0.1) is 0 Å². The molecule has 0 bridgehead atoms. The molecule has 0 rings (SSSR count). The van der Waals surface area contributed by atoms with Gasteiger partial charge in [-0.1, -0.05) is 59.3 Å². The number of carboxylic acid groups (broad SMARTS) is 3. The molecule has 0 amide bonds. The van der Waals surface area contributed by atoms with Crippen LogP contribution in [0.15, 0.2) is 0 Å². The zero-order chi connectivity index (χ0) is 24.2. The summed E-state index contributed by atoms with van der Waals surface area (Å²) < 4.78 is 0. The first kappa shape index (κ1) is 35.7. The van der Waals surface area contributed by atoms with Crippen LogP contribution < -0.4 is 0 Å². The van der Waals surface area contributed by atoms with E-state index in [-0.39, 0.29) is 13.2 Å². The van der Waals surface area contributed by atoms with Crippen molar-refractivity contribution in [1.29, 1.82) is 0 Å². The molecule has 0 aliphatic rings. The molecule has 182 valence electrons. The van der Waals surface area contributed by atoms with Gasteiger partial charge in [0.1, 0.15) is 6.10 Å². The highest BCUT2D eigenvalue weighted by molar-refractivity contribution is 5.67. The van der Waals surface area contributed by atoms with Crippen LogP contribution in [0.2, 0.25) is 0 Å². The summed E-state index contributed by atoms with van der Waals surface area (Å²) in [5, 5.41) is 48.4. The molecule has 0 aromatic rings. The van der Waals surface area contributed by atoms with Crippen molar-refractivity contribution in [3.63, 3.8) is 0 Å². The van der Waals surface area contributed by atoms with E-state index >= 15 is 0 Å². The number of carbonyl (C=O) groups is 3. The van der Waals surface area contributed by atoms with Crippen LogP contribution in [0.25, 0.3) is 0 Å². The standard InChI is InChI=1S/3C6H12O2.C3H8O3/c3*1-2-3-4-5-6(7)8;4-1-3(6)2-5/h3*2-5H2,1H3,(H,7,8);3-6H,1-2H2. The monoisotopic (exact) mass is 440 g/mol. The van der Waals surface area contributed by atoms with Gasteiger partial charge < -0.3 is 30.6 Å². The van der Waals surface area contributed by atoms with E-state index in [0.717, 1.165) is 57.8 Å². The van der Waals surface area contributed by atoms with E-state index in [1.54, 1.807) is 0 Å². The summed E-state index contributed by atoms with van der Waals surface area (Å²) >= 11 is 0. The van der Waals surface area contributed by atoms with Crippen molar-refractivity contribution in [3.05, 3.63) is 0 Å². The van der Waals surface area contributed by atoms with E-state index < -0.39 is 24.0 Å². The minimum Gasteiger partial charge on any atom is -0.481 e. The Balaban J connectivity index is -0.000000151. The third-order valence-electron chi connectivity index (χ3n) is 3.40. The van der Waals surface area contributed by atoms with Gasteiger partial charge in [-0.2, -0.15) is 0 Å². The van der Waals surface area contributed by atoms with Gasteiger partial charge in [0.2, 0.25) is 0 Å². The highest BCUT2D eigenvalue weighted by Crippen LogP contribution is 1.98. The summed E-state index contributed by atoms with van der Waals surface area (Å²) in [6.45, 7) is 5.44. The third-order valence-corrected chi connectivity index (χ3v) is 3.40. The molecule has 0 aliphatic heterocycles. The Morgan fingerprint density at radius 2 is 0.800 bits per heavy atom.